The Morgan fingerprint density at radius 3 is 2.64 bits per heavy atom. The number of methoxy groups -OCH3 is 1. The van der Waals surface area contributed by atoms with Crippen molar-refractivity contribution in [3.05, 3.63) is 78.1 Å². The third kappa shape index (κ3) is 6.40. The lowest BCUT2D eigenvalue weighted by molar-refractivity contribution is -0.122. The van der Waals surface area contributed by atoms with Crippen molar-refractivity contribution in [2.45, 2.75) is 19.5 Å². The zero-order valence-electron chi connectivity index (χ0n) is 23.6. The number of carbonyl (C=O) groups excluding carboxylic acids is 3. The van der Waals surface area contributed by atoms with Crippen LogP contribution in [-0.2, 0) is 18.4 Å². The summed E-state index contributed by atoms with van der Waals surface area (Å²) < 4.78 is 14.8. The molecule has 0 unspecified atom stereocenters. The molecule has 5 rings (SSSR count). The number of nitrogens with zero attached hydrogens (tertiary/aromatic N) is 6. The Morgan fingerprint density at radius 2 is 1.90 bits per heavy atom. The highest BCUT2D eigenvalue weighted by molar-refractivity contribution is 5.96. The molecule has 0 radical (unpaired) electrons. The summed E-state index contributed by atoms with van der Waals surface area (Å²) in [4.78, 5) is 49.7. The van der Waals surface area contributed by atoms with E-state index < -0.39 is 17.9 Å². The van der Waals surface area contributed by atoms with Gasteiger partial charge in [-0.15, -0.1) is 0 Å². The quantitative estimate of drug-likeness (QED) is 0.378. The molecule has 2 aromatic carbocycles. The second-order valence-corrected chi connectivity index (χ2v) is 9.79. The molecule has 3 amide bonds. The Morgan fingerprint density at radius 1 is 1.10 bits per heavy atom. The van der Waals surface area contributed by atoms with Gasteiger partial charge < -0.3 is 29.6 Å². The first kappa shape index (κ1) is 28.3. The molecule has 42 heavy (non-hydrogen) atoms. The third-order valence-electron chi connectivity index (χ3n) is 6.70. The first-order valence-corrected chi connectivity index (χ1v) is 13.5. The van der Waals surface area contributed by atoms with Crippen molar-refractivity contribution in [1.29, 1.82) is 0 Å². The maximum Gasteiger partial charge on any atom is 0.274 e. The summed E-state index contributed by atoms with van der Waals surface area (Å²) in [6, 6.07) is 13.9. The standard InChI is InChI=1S/C29H32N8O5/c1-19-27-33-26(20-7-5-4-6-8-20)34-37(27)13-14-42-24-15-21(9-10-23(24)41-3)28(39)30-11-12-36(17-25(38)32-19)29(40)22-16-35(2)18-31-22/h4-10,15-16,18-19H,11-14,17H2,1-3H3,(H,30,39)(H,32,38)/t19-/m1/s1. The van der Waals surface area contributed by atoms with Gasteiger partial charge in [-0.3, -0.25) is 14.4 Å². The van der Waals surface area contributed by atoms with Crippen molar-refractivity contribution in [3.8, 4) is 22.9 Å². The molecule has 13 nitrogen and oxygen atoms in total. The van der Waals surface area contributed by atoms with Crippen LogP contribution in [0.25, 0.3) is 11.4 Å². The third-order valence-corrected chi connectivity index (χ3v) is 6.70. The Kier molecular flexibility index (Phi) is 8.46. The Labute approximate surface area is 242 Å². The summed E-state index contributed by atoms with van der Waals surface area (Å²) in [5.74, 6) is 0.709. The van der Waals surface area contributed by atoms with E-state index in [1.807, 2.05) is 30.3 Å². The van der Waals surface area contributed by atoms with E-state index in [2.05, 4.69) is 20.7 Å². The van der Waals surface area contributed by atoms with Gasteiger partial charge in [0.05, 0.1) is 32.6 Å². The number of imidazole rings is 1. The van der Waals surface area contributed by atoms with Crippen LogP contribution in [0.4, 0.5) is 0 Å². The Balaban J connectivity index is 1.48. The molecule has 218 valence electrons. The predicted molar refractivity (Wildman–Crippen MR) is 152 cm³/mol. The number of hydrogen-bond acceptors (Lipinski definition) is 8. The first-order chi connectivity index (χ1) is 20.3. The van der Waals surface area contributed by atoms with E-state index in [0.29, 0.717) is 35.3 Å². The number of hydrogen-bond donors (Lipinski definition) is 2. The fourth-order valence-electron chi connectivity index (χ4n) is 4.59. The minimum absolute atomic E-state index is 0.0802. The number of amides is 3. The number of aromatic nitrogens is 5. The molecule has 2 bridgehead atoms. The number of fused-ring (bicyclic) bond motifs is 3. The maximum atomic E-state index is 13.3. The minimum Gasteiger partial charge on any atom is -0.493 e. The minimum atomic E-state index is -0.539. The van der Waals surface area contributed by atoms with Crippen LogP contribution in [0.5, 0.6) is 11.5 Å². The van der Waals surface area contributed by atoms with Gasteiger partial charge in [-0.1, -0.05) is 30.3 Å². The van der Waals surface area contributed by atoms with Gasteiger partial charge in [-0.25, -0.2) is 14.6 Å². The molecule has 0 saturated heterocycles. The summed E-state index contributed by atoms with van der Waals surface area (Å²) in [6.07, 6.45) is 3.09. The second-order valence-electron chi connectivity index (χ2n) is 9.79. The number of nitrogens with one attached hydrogen (secondary N) is 2. The van der Waals surface area contributed by atoms with Crippen LogP contribution in [0.3, 0.4) is 0 Å². The second kappa shape index (κ2) is 12.5. The topological polar surface area (TPSA) is 146 Å². The predicted octanol–water partition coefficient (Wildman–Crippen LogP) is 1.83. The average molecular weight is 573 g/mol. The van der Waals surface area contributed by atoms with E-state index in [-0.39, 0.29) is 37.8 Å². The lowest BCUT2D eigenvalue weighted by atomic mass is 10.2. The molecule has 0 saturated carbocycles. The molecule has 0 spiro atoms. The SMILES string of the molecule is COc1ccc2cc1OCCn1nc(-c3ccccc3)nc1[C@@H](C)NC(=O)CN(C(=O)c1cn(C)cn1)CCNC2=O. The van der Waals surface area contributed by atoms with Crippen LogP contribution in [0, 0.1) is 0 Å². The van der Waals surface area contributed by atoms with E-state index >= 15 is 0 Å². The average Bonchev–Trinajstić information content (AvgIpc) is 3.62. The first-order valence-electron chi connectivity index (χ1n) is 13.5. The van der Waals surface area contributed by atoms with Gasteiger partial charge in [0.25, 0.3) is 11.8 Å². The number of benzene rings is 2. The van der Waals surface area contributed by atoms with Crippen LogP contribution in [0.1, 0.15) is 39.6 Å². The molecule has 2 aromatic heterocycles. The summed E-state index contributed by atoms with van der Waals surface area (Å²) in [5, 5.41) is 10.4. The fourth-order valence-corrected chi connectivity index (χ4v) is 4.59. The van der Waals surface area contributed by atoms with Crippen molar-refractivity contribution < 1.29 is 23.9 Å². The number of aryl methyl sites for hydroxylation is 1. The van der Waals surface area contributed by atoms with Crippen LogP contribution < -0.4 is 20.1 Å². The molecule has 2 N–H and O–H groups in total. The highest BCUT2D eigenvalue weighted by Gasteiger charge is 2.24. The molecular weight excluding hydrogens is 540 g/mol. The van der Waals surface area contributed by atoms with Gasteiger partial charge in [0.15, 0.2) is 17.3 Å². The fraction of sp³-hybridized carbons (Fsp3) is 0.310. The summed E-state index contributed by atoms with van der Waals surface area (Å²) in [6.45, 7) is 2.25. The number of rotatable bonds is 3. The number of carbonyl (C=O) groups is 3. The highest BCUT2D eigenvalue weighted by Crippen LogP contribution is 2.28. The summed E-state index contributed by atoms with van der Waals surface area (Å²) >= 11 is 0. The summed E-state index contributed by atoms with van der Waals surface area (Å²) in [5.41, 5.74) is 1.38. The Bertz CT molecular complexity index is 1580. The van der Waals surface area contributed by atoms with Crippen LogP contribution >= 0.6 is 0 Å². The zero-order chi connectivity index (χ0) is 29.6. The lowest BCUT2D eigenvalue weighted by Gasteiger charge is -2.23. The van der Waals surface area contributed by atoms with Crippen molar-refractivity contribution >= 4 is 17.7 Å². The Hall–Kier alpha value is -5.20. The van der Waals surface area contributed by atoms with Crippen LogP contribution in [0.2, 0.25) is 0 Å². The number of ether oxygens (including phenoxy) is 2. The van der Waals surface area contributed by atoms with Gasteiger partial charge in [0, 0.05) is 37.5 Å². The molecule has 0 aliphatic carbocycles. The van der Waals surface area contributed by atoms with Gasteiger partial charge in [-0.05, 0) is 25.1 Å². The van der Waals surface area contributed by atoms with Crippen molar-refractivity contribution in [1.82, 2.24) is 39.8 Å². The monoisotopic (exact) mass is 572 g/mol. The largest absolute Gasteiger partial charge is 0.493 e. The smallest absolute Gasteiger partial charge is 0.274 e. The molecule has 4 aromatic rings. The molecular formula is C29H32N8O5. The van der Waals surface area contributed by atoms with Gasteiger partial charge in [-0.2, -0.15) is 5.10 Å². The normalized spacial score (nSPS) is 16.5. The lowest BCUT2D eigenvalue weighted by Crippen LogP contribution is -2.45. The van der Waals surface area contributed by atoms with Gasteiger partial charge in [0.1, 0.15) is 18.1 Å². The van der Waals surface area contributed by atoms with E-state index in [0.717, 1.165) is 5.56 Å². The molecule has 13 heteroatoms. The zero-order valence-corrected chi connectivity index (χ0v) is 23.6. The summed E-state index contributed by atoms with van der Waals surface area (Å²) in [7, 11) is 3.28. The van der Waals surface area contributed by atoms with E-state index in [1.54, 1.807) is 47.6 Å². The van der Waals surface area contributed by atoms with Crippen LogP contribution in [-0.4, -0.2) is 80.3 Å². The van der Waals surface area contributed by atoms with Gasteiger partial charge >= 0.3 is 0 Å². The van der Waals surface area contributed by atoms with Crippen molar-refractivity contribution in [3.63, 3.8) is 0 Å². The van der Waals surface area contributed by atoms with E-state index in [4.69, 9.17) is 14.5 Å². The molecule has 1 aliphatic rings. The van der Waals surface area contributed by atoms with Gasteiger partial charge in [0.2, 0.25) is 5.91 Å². The molecule has 0 fully saturated rings. The van der Waals surface area contributed by atoms with Crippen molar-refractivity contribution in [2.24, 2.45) is 7.05 Å². The maximum absolute atomic E-state index is 13.3. The molecule has 1 atom stereocenters. The van der Waals surface area contributed by atoms with Crippen LogP contribution in [0.15, 0.2) is 61.1 Å². The van der Waals surface area contributed by atoms with Crippen molar-refractivity contribution in [2.75, 3.05) is 33.4 Å². The molecule has 1 aliphatic heterocycles. The van der Waals surface area contributed by atoms with E-state index in [9.17, 15) is 14.4 Å². The van der Waals surface area contributed by atoms with E-state index in [1.165, 1.54) is 18.3 Å². The molecule has 3 heterocycles. The highest BCUT2D eigenvalue weighted by atomic mass is 16.5.